The molecule has 1 N–H and O–H groups in total. The van der Waals surface area contributed by atoms with Gasteiger partial charge < -0.3 is 14.8 Å². The number of rotatable bonds is 4. The highest BCUT2D eigenvalue weighted by molar-refractivity contribution is 7.89. The molecule has 0 aliphatic carbocycles. The van der Waals surface area contributed by atoms with Gasteiger partial charge in [0.2, 0.25) is 10.0 Å². The lowest BCUT2D eigenvalue weighted by Gasteiger charge is -2.36. The van der Waals surface area contributed by atoms with Crippen LogP contribution in [0.2, 0.25) is 0 Å². The Morgan fingerprint density at radius 3 is 2.85 bits per heavy atom. The maximum atomic E-state index is 13.4. The van der Waals surface area contributed by atoms with Crippen molar-refractivity contribution >= 4 is 22.4 Å². The zero-order chi connectivity index (χ0) is 18.1. The molecule has 1 saturated heterocycles. The molecule has 0 amide bonds. The summed E-state index contributed by atoms with van der Waals surface area (Å²) in [6.07, 6.45) is 0.746. The highest BCUT2D eigenvalue weighted by Gasteiger charge is 2.36. The molecule has 2 aliphatic rings. The van der Waals surface area contributed by atoms with Crippen LogP contribution in [0.5, 0.6) is 11.5 Å². The summed E-state index contributed by atoms with van der Waals surface area (Å²) in [5.74, 6) is 1.48. The van der Waals surface area contributed by atoms with Crippen molar-refractivity contribution in [1.29, 1.82) is 0 Å². The molecular formula is C19H23ClN2O4S. The summed E-state index contributed by atoms with van der Waals surface area (Å²) >= 11 is 0. The molecule has 1 unspecified atom stereocenters. The van der Waals surface area contributed by atoms with Crippen molar-refractivity contribution in [1.82, 2.24) is 9.62 Å². The van der Waals surface area contributed by atoms with Crippen LogP contribution in [0.4, 0.5) is 0 Å². The topological polar surface area (TPSA) is 67.9 Å². The fourth-order valence-electron chi connectivity index (χ4n) is 3.64. The van der Waals surface area contributed by atoms with Crippen molar-refractivity contribution < 1.29 is 17.9 Å². The van der Waals surface area contributed by atoms with Crippen molar-refractivity contribution in [2.24, 2.45) is 0 Å². The van der Waals surface area contributed by atoms with E-state index in [9.17, 15) is 8.42 Å². The first-order chi connectivity index (χ1) is 12.6. The summed E-state index contributed by atoms with van der Waals surface area (Å²) in [7, 11) is -2.02. The Morgan fingerprint density at radius 1 is 1.22 bits per heavy atom. The average Bonchev–Trinajstić information content (AvgIpc) is 3.16. The van der Waals surface area contributed by atoms with Crippen LogP contribution < -0.4 is 14.8 Å². The van der Waals surface area contributed by atoms with Crippen molar-refractivity contribution in [3.63, 3.8) is 0 Å². The Kier molecular flexibility index (Phi) is 5.95. The van der Waals surface area contributed by atoms with Crippen molar-refractivity contribution in [2.45, 2.75) is 17.4 Å². The Morgan fingerprint density at radius 2 is 2.04 bits per heavy atom. The quantitative estimate of drug-likeness (QED) is 0.838. The predicted octanol–water partition coefficient (Wildman–Crippen LogP) is 2.39. The summed E-state index contributed by atoms with van der Waals surface area (Å²) < 4.78 is 39.3. The van der Waals surface area contributed by atoms with Crippen LogP contribution in [0.25, 0.3) is 0 Å². The van der Waals surface area contributed by atoms with E-state index >= 15 is 0 Å². The minimum absolute atomic E-state index is 0. The normalized spacial score (nSPS) is 19.7. The fraction of sp³-hybridized carbons (Fsp3) is 0.368. The Balaban J connectivity index is 0.00000210. The summed E-state index contributed by atoms with van der Waals surface area (Å²) in [6.45, 7) is 2.20. The van der Waals surface area contributed by atoms with E-state index in [4.69, 9.17) is 9.47 Å². The second-order valence-electron chi connectivity index (χ2n) is 6.45. The number of fused-ring (bicyclic) bond motifs is 1. The van der Waals surface area contributed by atoms with Crippen molar-refractivity contribution in [3.05, 3.63) is 53.6 Å². The van der Waals surface area contributed by atoms with E-state index in [0.29, 0.717) is 36.9 Å². The minimum atomic E-state index is -3.62. The fourth-order valence-corrected chi connectivity index (χ4v) is 5.30. The van der Waals surface area contributed by atoms with Gasteiger partial charge in [0.25, 0.3) is 0 Å². The molecule has 2 heterocycles. The van der Waals surface area contributed by atoms with Crippen LogP contribution in [0.15, 0.2) is 47.4 Å². The van der Waals surface area contributed by atoms with E-state index in [1.54, 1.807) is 29.6 Å². The highest BCUT2D eigenvalue weighted by Crippen LogP contribution is 2.35. The van der Waals surface area contributed by atoms with Crippen molar-refractivity contribution in [3.8, 4) is 11.5 Å². The van der Waals surface area contributed by atoms with Gasteiger partial charge in [-0.3, -0.25) is 0 Å². The van der Waals surface area contributed by atoms with Crippen LogP contribution in [0.1, 0.15) is 17.2 Å². The summed E-state index contributed by atoms with van der Waals surface area (Å²) in [5.41, 5.74) is 1.82. The second-order valence-corrected chi connectivity index (χ2v) is 8.34. The number of piperazine rings is 1. The number of hydrogen-bond acceptors (Lipinski definition) is 5. The number of hydrogen-bond donors (Lipinski definition) is 1. The Labute approximate surface area is 165 Å². The molecule has 1 fully saturated rings. The number of para-hydroxylation sites is 1. The summed E-state index contributed by atoms with van der Waals surface area (Å²) in [4.78, 5) is 0.323. The highest BCUT2D eigenvalue weighted by atomic mass is 35.5. The van der Waals surface area contributed by atoms with E-state index in [2.05, 4.69) is 5.32 Å². The molecule has 1 atom stereocenters. The van der Waals surface area contributed by atoms with Crippen LogP contribution in [-0.4, -0.2) is 46.1 Å². The lowest BCUT2D eigenvalue weighted by Crippen LogP contribution is -2.48. The number of nitrogens with one attached hydrogen (secondary N) is 1. The van der Waals surface area contributed by atoms with E-state index in [1.807, 2.05) is 24.3 Å². The first-order valence-corrected chi connectivity index (χ1v) is 10.2. The number of ether oxygens (including phenoxy) is 2. The molecule has 146 valence electrons. The third-order valence-corrected chi connectivity index (χ3v) is 6.86. The monoisotopic (exact) mass is 410 g/mol. The Bertz CT molecular complexity index is 920. The number of methoxy groups -OCH3 is 1. The number of sulfonamides is 1. The molecule has 0 spiro atoms. The number of halogens is 1. The van der Waals surface area contributed by atoms with Gasteiger partial charge in [0, 0.05) is 31.6 Å². The zero-order valence-corrected chi connectivity index (χ0v) is 16.7. The molecule has 2 aromatic rings. The summed E-state index contributed by atoms with van der Waals surface area (Å²) in [6, 6.07) is 12.4. The van der Waals surface area contributed by atoms with Gasteiger partial charge in [0.1, 0.15) is 11.5 Å². The van der Waals surface area contributed by atoms with Gasteiger partial charge in [-0.1, -0.05) is 18.2 Å². The number of benzene rings is 2. The molecule has 27 heavy (non-hydrogen) atoms. The summed E-state index contributed by atoms with van der Waals surface area (Å²) in [5, 5.41) is 3.30. The molecule has 0 radical (unpaired) electrons. The van der Waals surface area contributed by atoms with E-state index in [0.717, 1.165) is 23.3 Å². The minimum Gasteiger partial charge on any atom is -0.496 e. The third-order valence-electron chi connectivity index (χ3n) is 4.96. The molecular weight excluding hydrogens is 388 g/mol. The van der Waals surface area contributed by atoms with Crippen LogP contribution in [0, 0.1) is 0 Å². The first-order valence-electron chi connectivity index (χ1n) is 8.72. The zero-order valence-electron chi connectivity index (χ0n) is 15.1. The lowest BCUT2D eigenvalue weighted by molar-refractivity contribution is 0.264. The predicted molar refractivity (Wildman–Crippen MR) is 105 cm³/mol. The van der Waals surface area contributed by atoms with E-state index in [-0.39, 0.29) is 18.4 Å². The second kappa shape index (κ2) is 8.06. The van der Waals surface area contributed by atoms with Crippen LogP contribution in [0.3, 0.4) is 0 Å². The third kappa shape index (κ3) is 3.65. The number of nitrogens with zero attached hydrogens (tertiary/aromatic N) is 1. The average molecular weight is 411 g/mol. The molecule has 4 rings (SSSR count). The largest absolute Gasteiger partial charge is 0.496 e. The maximum absolute atomic E-state index is 13.4. The van der Waals surface area contributed by atoms with Crippen LogP contribution in [-0.2, 0) is 16.4 Å². The molecule has 0 bridgehead atoms. The van der Waals surface area contributed by atoms with Gasteiger partial charge in [0.05, 0.1) is 24.7 Å². The first kappa shape index (κ1) is 19.9. The lowest BCUT2D eigenvalue weighted by atomic mass is 10.0. The van der Waals surface area contributed by atoms with Gasteiger partial charge in [0.15, 0.2) is 0 Å². The molecule has 2 aromatic carbocycles. The smallest absolute Gasteiger partial charge is 0.243 e. The van der Waals surface area contributed by atoms with Gasteiger partial charge in [-0.15, -0.1) is 12.4 Å². The van der Waals surface area contributed by atoms with Gasteiger partial charge >= 0.3 is 0 Å². The van der Waals surface area contributed by atoms with Gasteiger partial charge in [-0.25, -0.2) is 8.42 Å². The van der Waals surface area contributed by atoms with Gasteiger partial charge in [-0.05, 0) is 29.8 Å². The SMILES string of the molecule is COc1ccccc1C1CNCCN1S(=O)(=O)c1ccc2c(c1)CCO2.Cl. The van der Waals surface area contributed by atoms with Crippen molar-refractivity contribution in [2.75, 3.05) is 33.4 Å². The molecule has 0 aromatic heterocycles. The van der Waals surface area contributed by atoms with Crippen LogP contribution >= 0.6 is 12.4 Å². The molecule has 8 heteroatoms. The van der Waals surface area contributed by atoms with E-state index < -0.39 is 10.0 Å². The molecule has 2 aliphatic heterocycles. The van der Waals surface area contributed by atoms with E-state index in [1.165, 1.54) is 0 Å². The van der Waals surface area contributed by atoms with Gasteiger partial charge in [-0.2, -0.15) is 4.31 Å². The Hall–Kier alpha value is -1.80. The maximum Gasteiger partial charge on any atom is 0.243 e. The molecule has 0 saturated carbocycles. The standard InChI is InChI=1S/C19H22N2O4S.ClH/c1-24-19-5-3-2-4-16(19)17-13-20-9-10-21(17)26(22,23)15-6-7-18-14(12-15)8-11-25-18;/h2-7,12,17,20H,8-11,13H2,1H3;1H. The molecule has 6 nitrogen and oxygen atoms in total.